The summed E-state index contributed by atoms with van der Waals surface area (Å²) in [6, 6.07) is 9.09. The number of carbonyl (C=O) groups excluding carboxylic acids is 1. The molecule has 21 heavy (non-hydrogen) atoms. The molecule has 1 amide bonds. The van der Waals surface area contributed by atoms with E-state index in [4.69, 9.17) is 0 Å². The molecular weight excluding hydrogens is 260 g/mol. The molecule has 1 aromatic carbocycles. The van der Waals surface area contributed by atoms with E-state index < -0.39 is 0 Å². The zero-order valence-electron chi connectivity index (χ0n) is 13.6. The summed E-state index contributed by atoms with van der Waals surface area (Å²) in [7, 11) is 1.96. The fraction of sp³-hybridized carbons (Fsp3) is 0.611. The summed E-state index contributed by atoms with van der Waals surface area (Å²) in [5, 5.41) is 3.19. The second kappa shape index (κ2) is 7.60. The lowest BCUT2D eigenvalue weighted by molar-refractivity contribution is -0.131. The normalized spacial score (nSPS) is 18.5. The highest BCUT2D eigenvalue weighted by Gasteiger charge is 2.27. The van der Waals surface area contributed by atoms with E-state index in [9.17, 15) is 4.79 Å². The molecule has 0 spiro atoms. The first-order valence-corrected chi connectivity index (χ1v) is 8.14. The van der Waals surface area contributed by atoms with Crippen molar-refractivity contribution in [3.63, 3.8) is 0 Å². The summed E-state index contributed by atoms with van der Waals surface area (Å²) >= 11 is 0. The maximum absolute atomic E-state index is 12.4. The van der Waals surface area contributed by atoms with Gasteiger partial charge in [-0.15, -0.1) is 0 Å². The molecule has 1 heterocycles. The van der Waals surface area contributed by atoms with E-state index in [0.717, 1.165) is 32.4 Å². The van der Waals surface area contributed by atoms with Gasteiger partial charge in [-0.3, -0.25) is 4.79 Å². The summed E-state index contributed by atoms with van der Waals surface area (Å²) in [5.41, 5.74) is 2.62. The molecular formula is C18H28N2O. The van der Waals surface area contributed by atoms with Crippen molar-refractivity contribution in [2.75, 3.05) is 20.1 Å². The van der Waals surface area contributed by atoms with Crippen molar-refractivity contribution >= 4 is 5.91 Å². The number of benzene rings is 1. The van der Waals surface area contributed by atoms with E-state index in [1.807, 2.05) is 7.05 Å². The van der Waals surface area contributed by atoms with Crippen LogP contribution in [0.5, 0.6) is 0 Å². The van der Waals surface area contributed by atoms with Crippen LogP contribution in [0.25, 0.3) is 0 Å². The van der Waals surface area contributed by atoms with Gasteiger partial charge < -0.3 is 10.2 Å². The molecule has 1 aromatic rings. The fourth-order valence-corrected chi connectivity index (χ4v) is 3.08. The van der Waals surface area contributed by atoms with Crippen LogP contribution in [0.3, 0.4) is 0 Å². The number of nitrogens with one attached hydrogen (secondary N) is 1. The Labute approximate surface area is 128 Å². The molecule has 0 aromatic heterocycles. The first-order chi connectivity index (χ1) is 10.1. The molecule has 1 fully saturated rings. The minimum absolute atomic E-state index is 0.306. The van der Waals surface area contributed by atoms with Crippen LogP contribution in [-0.4, -0.2) is 37.0 Å². The van der Waals surface area contributed by atoms with Crippen LogP contribution in [0.15, 0.2) is 24.3 Å². The van der Waals surface area contributed by atoms with Crippen LogP contribution < -0.4 is 5.32 Å². The van der Waals surface area contributed by atoms with E-state index >= 15 is 0 Å². The second-order valence-corrected chi connectivity index (χ2v) is 6.34. The third-order valence-corrected chi connectivity index (χ3v) is 4.41. The predicted molar refractivity (Wildman–Crippen MR) is 87.5 cm³/mol. The summed E-state index contributed by atoms with van der Waals surface area (Å²) in [5.74, 6) is 0.869. The number of hydrogen-bond donors (Lipinski definition) is 1. The maximum Gasteiger partial charge on any atom is 0.223 e. The van der Waals surface area contributed by atoms with Crippen LogP contribution in [0, 0.1) is 0 Å². The Balaban J connectivity index is 1.86. The third kappa shape index (κ3) is 4.31. The fourth-order valence-electron chi connectivity index (χ4n) is 3.08. The molecule has 1 N–H and O–H groups in total. The molecule has 0 aliphatic carbocycles. The van der Waals surface area contributed by atoms with Gasteiger partial charge in [-0.2, -0.15) is 0 Å². The topological polar surface area (TPSA) is 32.3 Å². The van der Waals surface area contributed by atoms with Gasteiger partial charge in [0.2, 0.25) is 5.91 Å². The molecule has 0 saturated carbocycles. The Morgan fingerprint density at radius 1 is 1.33 bits per heavy atom. The van der Waals surface area contributed by atoms with Crippen molar-refractivity contribution in [1.82, 2.24) is 10.2 Å². The Hall–Kier alpha value is -1.35. The smallest absolute Gasteiger partial charge is 0.223 e. The molecule has 3 heteroatoms. The number of hydrogen-bond acceptors (Lipinski definition) is 2. The standard InChI is InChI=1S/C18H28N2O/c1-14(2)16-9-6-15(7-10-16)8-11-18(21)20-12-4-5-17(20)13-19-3/h6-7,9-10,14,17,19H,4-5,8,11-13H2,1-3H3. The van der Waals surface area contributed by atoms with E-state index in [-0.39, 0.29) is 0 Å². The van der Waals surface area contributed by atoms with E-state index in [2.05, 4.69) is 48.3 Å². The number of likely N-dealkylation sites (tertiary alicyclic amines) is 1. The summed E-state index contributed by atoms with van der Waals surface area (Å²) < 4.78 is 0. The number of aryl methyl sites for hydroxylation is 1. The van der Waals surface area contributed by atoms with Crippen LogP contribution in [-0.2, 0) is 11.2 Å². The summed E-state index contributed by atoms with van der Waals surface area (Å²) in [6.07, 6.45) is 3.75. The average molecular weight is 288 g/mol. The molecule has 1 saturated heterocycles. The third-order valence-electron chi connectivity index (χ3n) is 4.41. The van der Waals surface area contributed by atoms with Gasteiger partial charge >= 0.3 is 0 Å². The van der Waals surface area contributed by atoms with Gasteiger partial charge in [0, 0.05) is 25.6 Å². The Bertz CT molecular complexity index is 453. The molecule has 116 valence electrons. The van der Waals surface area contributed by atoms with Gasteiger partial charge in [0.1, 0.15) is 0 Å². The van der Waals surface area contributed by atoms with Gasteiger partial charge in [-0.25, -0.2) is 0 Å². The number of rotatable bonds is 6. The van der Waals surface area contributed by atoms with Crippen LogP contribution in [0.1, 0.15) is 50.2 Å². The number of nitrogens with zero attached hydrogens (tertiary/aromatic N) is 1. The summed E-state index contributed by atoms with van der Waals surface area (Å²) in [6.45, 7) is 6.24. The lowest BCUT2D eigenvalue weighted by atomic mass is 10.00. The maximum atomic E-state index is 12.4. The van der Waals surface area contributed by atoms with Crippen LogP contribution in [0.4, 0.5) is 0 Å². The number of likely N-dealkylation sites (N-methyl/N-ethyl adjacent to an activating group) is 1. The molecule has 0 bridgehead atoms. The highest BCUT2D eigenvalue weighted by atomic mass is 16.2. The lowest BCUT2D eigenvalue weighted by Gasteiger charge is -2.24. The van der Waals surface area contributed by atoms with Gasteiger partial charge in [-0.05, 0) is 43.4 Å². The van der Waals surface area contributed by atoms with E-state index in [1.165, 1.54) is 11.1 Å². The quantitative estimate of drug-likeness (QED) is 0.873. The lowest BCUT2D eigenvalue weighted by Crippen LogP contribution is -2.40. The van der Waals surface area contributed by atoms with Crippen molar-refractivity contribution in [2.45, 2.75) is 51.5 Å². The zero-order valence-corrected chi connectivity index (χ0v) is 13.6. The number of amides is 1. The van der Waals surface area contributed by atoms with Gasteiger partial charge in [-0.1, -0.05) is 38.1 Å². The highest BCUT2D eigenvalue weighted by molar-refractivity contribution is 5.77. The van der Waals surface area contributed by atoms with Crippen LogP contribution >= 0.6 is 0 Å². The second-order valence-electron chi connectivity index (χ2n) is 6.34. The molecule has 3 nitrogen and oxygen atoms in total. The zero-order chi connectivity index (χ0) is 15.2. The molecule has 1 atom stereocenters. The van der Waals surface area contributed by atoms with Crippen molar-refractivity contribution in [3.8, 4) is 0 Å². The molecule has 1 unspecified atom stereocenters. The van der Waals surface area contributed by atoms with Crippen molar-refractivity contribution in [2.24, 2.45) is 0 Å². The van der Waals surface area contributed by atoms with Gasteiger partial charge in [0.15, 0.2) is 0 Å². The Kier molecular flexibility index (Phi) is 5.80. The minimum atomic E-state index is 0.306. The largest absolute Gasteiger partial charge is 0.338 e. The van der Waals surface area contributed by atoms with Crippen molar-refractivity contribution in [1.29, 1.82) is 0 Å². The molecule has 2 rings (SSSR count). The van der Waals surface area contributed by atoms with Crippen LogP contribution in [0.2, 0.25) is 0 Å². The molecule has 1 aliphatic rings. The van der Waals surface area contributed by atoms with Gasteiger partial charge in [0.25, 0.3) is 0 Å². The predicted octanol–water partition coefficient (Wildman–Crippen LogP) is 2.95. The summed E-state index contributed by atoms with van der Waals surface area (Å²) in [4.78, 5) is 14.4. The van der Waals surface area contributed by atoms with E-state index in [1.54, 1.807) is 0 Å². The number of carbonyl (C=O) groups is 1. The first kappa shape index (κ1) is 16.0. The molecule has 0 radical (unpaired) electrons. The van der Waals surface area contributed by atoms with Crippen molar-refractivity contribution in [3.05, 3.63) is 35.4 Å². The SMILES string of the molecule is CNCC1CCCN1C(=O)CCc1ccc(C(C)C)cc1. The Morgan fingerprint density at radius 3 is 2.67 bits per heavy atom. The first-order valence-electron chi connectivity index (χ1n) is 8.14. The van der Waals surface area contributed by atoms with Gasteiger partial charge in [0.05, 0.1) is 0 Å². The monoisotopic (exact) mass is 288 g/mol. The van der Waals surface area contributed by atoms with Crippen molar-refractivity contribution < 1.29 is 4.79 Å². The molecule has 1 aliphatic heterocycles. The van der Waals surface area contributed by atoms with E-state index in [0.29, 0.717) is 24.3 Å². The highest BCUT2D eigenvalue weighted by Crippen LogP contribution is 2.19. The average Bonchev–Trinajstić information content (AvgIpc) is 2.94. The minimum Gasteiger partial charge on any atom is -0.338 e. The Morgan fingerprint density at radius 2 is 2.05 bits per heavy atom.